The molecule has 1 fully saturated rings. The maximum Gasteiger partial charge on any atom is 0.338 e. The fourth-order valence-electron chi connectivity index (χ4n) is 5.00. The van der Waals surface area contributed by atoms with Crippen molar-refractivity contribution in [2.75, 3.05) is 33.3 Å². The summed E-state index contributed by atoms with van der Waals surface area (Å²) in [5.74, 6) is -0.370. The average molecular weight is 537 g/mol. The molecule has 2 aromatic carbocycles. The van der Waals surface area contributed by atoms with Gasteiger partial charge in [0, 0.05) is 43.4 Å². The van der Waals surface area contributed by atoms with Gasteiger partial charge in [-0.05, 0) is 35.6 Å². The summed E-state index contributed by atoms with van der Waals surface area (Å²) in [7, 11) is 1.37. The number of rotatable bonds is 6. The van der Waals surface area contributed by atoms with Crippen molar-refractivity contribution in [3.05, 3.63) is 93.1 Å². The maximum atomic E-state index is 13.4. The topological polar surface area (TPSA) is 65.5 Å². The van der Waals surface area contributed by atoms with Gasteiger partial charge in [-0.1, -0.05) is 65.8 Å². The van der Waals surface area contributed by atoms with Crippen LogP contribution in [-0.4, -0.2) is 65.0 Å². The first-order valence-corrected chi connectivity index (χ1v) is 13.5. The number of esters is 1. The number of carbonyl (C=O) groups is 2. The van der Waals surface area contributed by atoms with E-state index in [9.17, 15) is 9.59 Å². The van der Waals surface area contributed by atoms with E-state index < -0.39 is 12.0 Å². The lowest BCUT2D eigenvalue weighted by atomic mass is 9.94. The zero-order valence-electron chi connectivity index (χ0n) is 20.9. The van der Waals surface area contributed by atoms with Crippen LogP contribution in [0.15, 0.2) is 82.0 Å². The van der Waals surface area contributed by atoms with Crippen LogP contribution >= 0.6 is 23.4 Å². The lowest BCUT2D eigenvalue weighted by Crippen LogP contribution is -2.48. The van der Waals surface area contributed by atoms with E-state index in [1.165, 1.54) is 24.4 Å². The number of hydrogen-bond acceptors (Lipinski definition) is 7. The highest BCUT2D eigenvalue weighted by Crippen LogP contribution is 2.45. The van der Waals surface area contributed by atoms with Crippen LogP contribution in [0.4, 0.5) is 0 Å². The van der Waals surface area contributed by atoms with Crippen molar-refractivity contribution in [3.8, 4) is 0 Å². The van der Waals surface area contributed by atoms with E-state index in [4.69, 9.17) is 16.3 Å². The van der Waals surface area contributed by atoms with Crippen LogP contribution in [-0.2, 0) is 20.9 Å². The SMILES string of the molecule is COC(=O)C1=C(C)N=C2SC=C(CC(=O)N3CCN(Cc4ccccc4)CC3)N2[C@H]1c1cccc(Cl)c1. The number of allylic oxidation sites excluding steroid dienone is 1. The quantitative estimate of drug-likeness (QED) is 0.493. The molecular formula is C28H29ClN4O3S. The molecule has 0 radical (unpaired) electrons. The molecule has 192 valence electrons. The maximum absolute atomic E-state index is 13.4. The second-order valence-electron chi connectivity index (χ2n) is 9.26. The molecule has 0 saturated carbocycles. The zero-order chi connectivity index (χ0) is 25.9. The van der Waals surface area contributed by atoms with Crippen LogP contribution in [0.5, 0.6) is 0 Å². The predicted molar refractivity (Wildman–Crippen MR) is 147 cm³/mol. The molecule has 3 aliphatic rings. The number of piperazine rings is 1. The Kier molecular flexibility index (Phi) is 7.69. The number of nitrogens with zero attached hydrogens (tertiary/aromatic N) is 4. The minimum absolute atomic E-state index is 0.0724. The second-order valence-corrected chi connectivity index (χ2v) is 10.5. The average Bonchev–Trinajstić information content (AvgIpc) is 3.30. The van der Waals surface area contributed by atoms with E-state index in [2.05, 4.69) is 34.2 Å². The Morgan fingerprint density at radius 3 is 2.54 bits per heavy atom. The second kappa shape index (κ2) is 11.1. The number of halogens is 1. The molecule has 3 heterocycles. The molecule has 0 N–H and O–H groups in total. The predicted octanol–water partition coefficient (Wildman–Crippen LogP) is 4.82. The van der Waals surface area contributed by atoms with E-state index in [-0.39, 0.29) is 12.3 Å². The number of fused-ring (bicyclic) bond motifs is 1. The minimum atomic E-state index is -0.476. The fourth-order valence-corrected chi connectivity index (χ4v) is 6.16. The third-order valence-electron chi connectivity index (χ3n) is 6.88. The van der Waals surface area contributed by atoms with E-state index in [1.54, 1.807) is 6.07 Å². The Morgan fingerprint density at radius 1 is 1.08 bits per heavy atom. The van der Waals surface area contributed by atoms with Gasteiger partial charge in [0.2, 0.25) is 5.91 Å². The molecule has 0 bridgehead atoms. The van der Waals surface area contributed by atoms with Crippen molar-refractivity contribution < 1.29 is 14.3 Å². The van der Waals surface area contributed by atoms with Crippen molar-refractivity contribution in [3.63, 3.8) is 0 Å². The Bertz CT molecular complexity index is 1290. The van der Waals surface area contributed by atoms with Crippen LogP contribution in [0, 0.1) is 0 Å². The highest BCUT2D eigenvalue weighted by atomic mass is 35.5. The zero-order valence-corrected chi connectivity index (χ0v) is 22.5. The summed E-state index contributed by atoms with van der Waals surface area (Å²) in [5, 5.41) is 3.28. The molecule has 0 unspecified atom stereocenters. The summed E-state index contributed by atoms with van der Waals surface area (Å²) in [6, 6.07) is 17.4. The molecule has 1 amide bonds. The molecule has 1 saturated heterocycles. The van der Waals surface area contributed by atoms with E-state index in [0.29, 0.717) is 29.4 Å². The van der Waals surface area contributed by atoms with Gasteiger partial charge in [0.1, 0.15) is 0 Å². The molecule has 3 aliphatic heterocycles. The third kappa shape index (κ3) is 5.46. The van der Waals surface area contributed by atoms with Gasteiger partial charge in [0.25, 0.3) is 0 Å². The third-order valence-corrected chi connectivity index (χ3v) is 8.00. The van der Waals surface area contributed by atoms with Crippen molar-refractivity contribution in [1.29, 1.82) is 0 Å². The Morgan fingerprint density at radius 2 is 1.84 bits per heavy atom. The van der Waals surface area contributed by atoms with Crippen molar-refractivity contribution in [2.24, 2.45) is 4.99 Å². The van der Waals surface area contributed by atoms with E-state index in [0.717, 1.165) is 36.1 Å². The van der Waals surface area contributed by atoms with Crippen molar-refractivity contribution in [2.45, 2.75) is 25.9 Å². The number of aliphatic imine (C=N–C) groups is 1. The number of methoxy groups -OCH3 is 1. The van der Waals surface area contributed by atoms with Gasteiger partial charge in [-0.15, -0.1) is 0 Å². The van der Waals surface area contributed by atoms with Gasteiger partial charge in [-0.3, -0.25) is 9.69 Å². The molecule has 0 aromatic heterocycles. The molecule has 5 rings (SSSR count). The van der Waals surface area contributed by atoms with Crippen LogP contribution in [0.1, 0.15) is 30.5 Å². The number of amidine groups is 1. The molecule has 9 heteroatoms. The van der Waals surface area contributed by atoms with Crippen LogP contribution < -0.4 is 0 Å². The van der Waals surface area contributed by atoms with Crippen molar-refractivity contribution >= 4 is 40.4 Å². The van der Waals surface area contributed by atoms with Gasteiger partial charge in [-0.2, -0.15) is 0 Å². The molecule has 2 aromatic rings. The number of thioether (sulfide) groups is 1. The van der Waals surface area contributed by atoms with E-state index in [1.807, 2.05) is 46.4 Å². The highest BCUT2D eigenvalue weighted by Gasteiger charge is 2.41. The number of hydrogen-bond donors (Lipinski definition) is 0. The highest BCUT2D eigenvalue weighted by molar-refractivity contribution is 8.16. The van der Waals surface area contributed by atoms with Gasteiger partial charge in [0.05, 0.1) is 30.8 Å². The first-order valence-electron chi connectivity index (χ1n) is 12.3. The van der Waals surface area contributed by atoms with Crippen molar-refractivity contribution in [1.82, 2.24) is 14.7 Å². The molecule has 7 nitrogen and oxygen atoms in total. The lowest BCUT2D eigenvalue weighted by Gasteiger charge is -2.38. The van der Waals surface area contributed by atoms with Crippen LogP contribution in [0.2, 0.25) is 5.02 Å². The first-order chi connectivity index (χ1) is 17.9. The molecular weight excluding hydrogens is 508 g/mol. The van der Waals surface area contributed by atoms with Crippen LogP contribution in [0.25, 0.3) is 0 Å². The minimum Gasteiger partial charge on any atom is -0.466 e. The van der Waals surface area contributed by atoms with Crippen LogP contribution in [0.3, 0.4) is 0 Å². The van der Waals surface area contributed by atoms with Gasteiger partial charge in [0.15, 0.2) is 5.17 Å². The van der Waals surface area contributed by atoms with Gasteiger partial charge in [-0.25, -0.2) is 9.79 Å². The van der Waals surface area contributed by atoms with Gasteiger partial charge < -0.3 is 14.5 Å². The molecule has 1 atom stereocenters. The Hall–Kier alpha value is -3.07. The number of benzene rings is 2. The largest absolute Gasteiger partial charge is 0.466 e. The first kappa shape index (κ1) is 25.6. The van der Waals surface area contributed by atoms with E-state index >= 15 is 0 Å². The summed E-state index contributed by atoms with van der Waals surface area (Å²) in [4.78, 5) is 37.2. The number of ether oxygens (including phenoxy) is 1. The summed E-state index contributed by atoms with van der Waals surface area (Å²) in [5.41, 5.74) is 3.99. The molecule has 0 aliphatic carbocycles. The lowest BCUT2D eigenvalue weighted by molar-refractivity contribution is -0.136. The standard InChI is InChI=1S/C28H29ClN4O3S/c1-19-25(27(35)36-2)26(21-9-6-10-22(29)15-21)33-23(18-37-28(33)30-19)16-24(34)32-13-11-31(12-14-32)17-20-7-4-3-5-8-20/h3-10,15,18,26H,11-14,16-17H2,1-2H3/t26-/m0/s1. The summed E-state index contributed by atoms with van der Waals surface area (Å²) >= 11 is 7.79. The fraction of sp³-hybridized carbons (Fsp3) is 0.321. The Balaban J connectivity index is 1.31. The smallest absolute Gasteiger partial charge is 0.338 e. The summed E-state index contributed by atoms with van der Waals surface area (Å²) in [6.45, 7) is 5.76. The number of amides is 1. The molecule has 0 spiro atoms. The summed E-state index contributed by atoms with van der Waals surface area (Å²) < 4.78 is 5.12. The molecule has 37 heavy (non-hydrogen) atoms. The monoisotopic (exact) mass is 536 g/mol. The summed E-state index contributed by atoms with van der Waals surface area (Å²) in [6.07, 6.45) is 0.231. The Labute approximate surface area is 226 Å². The number of carbonyl (C=O) groups excluding carboxylic acids is 2. The van der Waals surface area contributed by atoms with Gasteiger partial charge >= 0.3 is 5.97 Å². The normalized spacial score (nSPS) is 19.9.